The molecule has 0 bridgehead atoms. The fraction of sp³-hybridized carbons (Fsp3) is 0.278. The molecule has 4 rings (SSSR count). The van der Waals surface area contributed by atoms with E-state index in [4.69, 9.17) is 4.74 Å². The van der Waals surface area contributed by atoms with Gasteiger partial charge in [0.2, 0.25) is 0 Å². The number of rotatable bonds is 2. The normalized spacial score (nSPS) is 18.0. The van der Waals surface area contributed by atoms with Gasteiger partial charge in [0.05, 0.1) is 18.7 Å². The standard InChI is InChI=1S/C18H18N4O2/c1-12-10-19-17(20-12)16-11-24-9-8-22(16)18(23)15-7-6-13-4-2-3-5-14(13)21-15/h2-7,10,16H,8-9,11H2,1H3,(H,19,20)/t16-/m1/s1. The van der Waals surface area contributed by atoms with Gasteiger partial charge in [0.15, 0.2) is 0 Å². The quantitative estimate of drug-likeness (QED) is 0.787. The summed E-state index contributed by atoms with van der Waals surface area (Å²) in [6.07, 6.45) is 1.76. The van der Waals surface area contributed by atoms with Gasteiger partial charge in [0.1, 0.15) is 17.6 Å². The number of H-pyrrole nitrogens is 1. The maximum absolute atomic E-state index is 13.0. The molecule has 0 aliphatic carbocycles. The number of carbonyl (C=O) groups is 1. The number of aromatic amines is 1. The molecule has 6 nitrogen and oxygen atoms in total. The third-order valence-corrected chi connectivity index (χ3v) is 4.25. The molecule has 1 amide bonds. The van der Waals surface area contributed by atoms with E-state index in [0.717, 1.165) is 22.4 Å². The molecular formula is C18H18N4O2. The van der Waals surface area contributed by atoms with Crippen molar-refractivity contribution in [1.29, 1.82) is 0 Å². The molecule has 6 heteroatoms. The lowest BCUT2D eigenvalue weighted by atomic mass is 10.1. The van der Waals surface area contributed by atoms with Crippen LogP contribution in [-0.2, 0) is 4.74 Å². The van der Waals surface area contributed by atoms with E-state index in [0.29, 0.717) is 25.5 Å². The average Bonchev–Trinajstić information content (AvgIpc) is 3.07. The third-order valence-electron chi connectivity index (χ3n) is 4.25. The first-order chi connectivity index (χ1) is 11.7. The van der Waals surface area contributed by atoms with E-state index in [2.05, 4.69) is 15.0 Å². The molecule has 1 saturated heterocycles. The first-order valence-electron chi connectivity index (χ1n) is 7.98. The molecular weight excluding hydrogens is 304 g/mol. The minimum atomic E-state index is -0.215. The van der Waals surface area contributed by atoms with E-state index >= 15 is 0 Å². The van der Waals surface area contributed by atoms with Crippen molar-refractivity contribution in [2.45, 2.75) is 13.0 Å². The van der Waals surface area contributed by atoms with Gasteiger partial charge in [-0.2, -0.15) is 0 Å². The Morgan fingerprint density at radius 2 is 2.17 bits per heavy atom. The van der Waals surface area contributed by atoms with Gasteiger partial charge in [-0.05, 0) is 19.1 Å². The van der Waals surface area contributed by atoms with Crippen LogP contribution in [0, 0.1) is 6.92 Å². The van der Waals surface area contributed by atoms with Crippen LogP contribution in [0.1, 0.15) is 28.0 Å². The Hall–Kier alpha value is -2.73. The second-order valence-electron chi connectivity index (χ2n) is 5.93. The number of hydrogen-bond donors (Lipinski definition) is 1. The molecule has 1 aliphatic rings. The molecule has 1 aliphatic heterocycles. The number of ether oxygens (including phenoxy) is 1. The van der Waals surface area contributed by atoms with E-state index in [9.17, 15) is 4.79 Å². The summed E-state index contributed by atoms with van der Waals surface area (Å²) in [4.78, 5) is 26.9. The molecule has 1 atom stereocenters. The lowest BCUT2D eigenvalue weighted by Crippen LogP contribution is -2.44. The number of pyridine rings is 1. The molecule has 1 fully saturated rings. The summed E-state index contributed by atoms with van der Waals surface area (Å²) in [7, 11) is 0. The third kappa shape index (κ3) is 2.65. The summed E-state index contributed by atoms with van der Waals surface area (Å²) < 4.78 is 5.56. The van der Waals surface area contributed by atoms with E-state index in [1.54, 1.807) is 17.2 Å². The number of aromatic nitrogens is 3. The van der Waals surface area contributed by atoms with Crippen LogP contribution in [0.25, 0.3) is 10.9 Å². The number of hydrogen-bond acceptors (Lipinski definition) is 4. The maximum atomic E-state index is 13.0. The monoisotopic (exact) mass is 322 g/mol. The first kappa shape index (κ1) is 14.8. The molecule has 24 heavy (non-hydrogen) atoms. The topological polar surface area (TPSA) is 71.1 Å². The Morgan fingerprint density at radius 3 is 3.00 bits per heavy atom. The number of nitrogens with zero attached hydrogens (tertiary/aromatic N) is 3. The largest absolute Gasteiger partial charge is 0.377 e. The number of benzene rings is 1. The van der Waals surface area contributed by atoms with Crippen LogP contribution in [0.15, 0.2) is 42.6 Å². The predicted octanol–water partition coefficient (Wildman–Crippen LogP) is 2.48. The summed E-state index contributed by atoms with van der Waals surface area (Å²) in [5.41, 5.74) is 2.23. The fourth-order valence-electron chi connectivity index (χ4n) is 3.01. The van der Waals surface area contributed by atoms with Gasteiger partial charge >= 0.3 is 0 Å². The summed E-state index contributed by atoms with van der Waals surface area (Å²) >= 11 is 0. The Bertz CT molecular complexity index is 889. The number of imidazole rings is 1. The SMILES string of the molecule is Cc1cnc([C@H]2COCCN2C(=O)c2ccc3ccccc3n2)[nH]1. The number of nitrogens with one attached hydrogen (secondary N) is 1. The van der Waals surface area contributed by atoms with Gasteiger partial charge in [0, 0.05) is 23.8 Å². The molecule has 122 valence electrons. The van der Waals surface area contributed by atoms with Crippen LogP contribution in [0.3, 0.4) is 0 Å². The van der Waals surface area contributed by atoms with Gasteiger partial charge < -0.3 is 14.6 Å². The van der Waals surface area contributed by atoms with Crippen molar-refractivity contribution in [3.8, 4) is 0 Å². The van der Waals surface area contributed by atoms with Crippen LogP contribution in [0.2, 0.25) is 0 Å². The molecule has 3 aromatic rings. The minimum absolute atomic E-state index is 0.0943. The molecule has 0 saturated carbocycles. The molecule has 0 spiro atoms. The van der Waals surface area contributed by atoms with Crippen LogP contribution in [-0.4, -0.2) is 45.5 Å². The zero-order valence-electron chi connectivity index (χ0n) is 13.4. The van der Waals surface area contributed by atoms with Crippen molar-refractivity contribution in [2.24, 2.45) is 0 Å². The fourth-order valence-corrected chi connectivity index (χ4v) is 3.01. The molecule has 0 radical (unpaired) electrons. The predicted molar refractivity (Wildman–Crippen MR) is 89.7 cm³/mol. The second-order valence-corrected chi connectivity index (χ2v) is 5.93. The minimum Gasteiger partial charge on any atom is -0.377 e. The molecule has 3 heterocycles. The number of fused-ring (bicyclic) bond motifs is 1. The summed E-state index contributed by atoms with van der Waals surface area (Å²) in [6, 6.07) is 11.3. The van der Waals surface area contributed by atoms with E-state index in [1.165, 1.54) is 0 Å². The summed E-state index contributed by atoms with van der Waals surface area (Å²) in [6.45, 7) is 3.43. The number of carbonyl (C=O) groups excluding carboxylic acids is 1. The first-order valence-corrected chi connectivity index (χ1v) is 7.98. The van der Waals surface area contributed by atoms with E-state index in [1.807, 2.05) is 37.3 Å². The van der Waals surface area contributed by atoms with Gasteiger partial charge in [-0.3, -0.25) is 4.79 Å². The Morgan fingerprint density at radius 1 is 1.29 bits per heavy atom. The number of amides is 1. The molecule has 2 aromatic heterocycles. The van der Waals surface area contributed by atoms with Crippen LogP contribution in [0.5, 0.6) is 0 Å². The summed E-state index contributed by atoms with van der Waals surface area (Å²) in [5.74, 6) is 0.657. The second kappa shape index (κ2) is 6.05. The lowest BCUT2D eigenvalue weighted by Gasteiger charge is -2.34. The van der Waals surface area contributed by atoms with Gasteiger partial charge in [0.25, 0.3) is 5.91 Å². The van der Waals surface area contributed by atoms with Crippen molar-refractivity contribution < 1.29 is 9.53 Å². The summed E-state index contributed by atoms with van der Waals surface area (Å²) in [5, 5.41) is 1.02. The van der Waals surface area contributed by atoms with Crippen molar-refractivity contribution in [1.82, 2.24) is 19.9 Å². The molecule has 0 unspecified atom stereocenters. The van der Waals surface area contributed by atoms with Gasteiger partial charge in [-0.15, -0.1) is 0 Å². The zero-order chi connectivity index (χ0) is 16.5. The van der Waals surface area contributed by atoms with Crippen molar-refractivity contribution >= 4 is 16.8 Å². The Balaban J connectivity index is 1.67. The van der Waals surface area contributed by atoms with Crippen molar-refractivity contribution in [3.05, 3.63) is 59.8 Å². The highest BCUT2D eigenvalue weighted by molar-refractivity contribution is 5.95. The van der Waals surface area contributed by atoms with Crippen LogP contribution >= 0.6 is 0 Å². The highest BCUT2D eigenvalue weighted by Crippen LogP contribution is 2.24. The smallest absolute Gasteiger partial charge is 0.273 e. The maximum Gasteiger partial charge on any atom is 0.273 e. The molecule has 1 N–H and O–H groups in total. The Labute approximate surface area is 139 Å². The zero-order valence-corrected chi connectivity index (χ0v) is 13.4. The molecule has 1 aromatic carbocycles. The van der Waals surface area contributed by atoms with E-state index < -0.39 is 0 Å². The highest BCUT2D eigenvalue weighted by atomic mass is 16.5. The average molecular weight is 322 g/mol. The lowest BCUT2D eigenvalue weighted by molar-refractivity contribution is -0.00529. The number of para-hydroxylation sites is 1. The van der Waals surface area contributed by atoms with Crippen LogP contribution in [0.4, 0.5) is 0 Å². The van der Waals surface area contributed by atoms with E-state index in [-0.39, 0.29) is 11.9 Å². The number of aryl methyl sites for hydroxylation is 1. The highest BCUT2D eigenvalue weighted by Gasteiger charge is 2.31. The van der Waals surface area contributed by atoms with Crippen LogP contribution < -0.4 is 0 Å². The number of morpholine rings is 1. The van der Waals surface area contributed by atoms with Crippen molar-refractivity contribution in [2.75, 3.05) is 19.8 Å². The Kier molecular flexibility index (Phi) is 3.74. The van der Waals surface area contributed by atoms with Gasteiger partial charge in [-0.25, -0.2) is 9.97 Å². The van der Waals surface area contributed by atoms with Crippen molar-refractivity contribution in [3.63, 3.8) is 0 Å². The van der Waals surface area contributed by atoms with Gasteiger partial charge in [-0.1, -0.05) is 24.3 Å².